The molecule has 0 bridgehead atoms. The zero-order valence-electron chi connectivity index (χ0n) is 13.1. The molecule has 1 atom stereocenters. The lowest BCUT2D eigenvalue weighted by Gasteiger charge is -2.37. The number of carbonyl (C=O) groups excluding carboxylic acids is 1. The van der Waals surface area contributed by atoms with Crippen LogP contribution in [-0.2, 0) is 11.3 Å². The van der Waals surface area contributed by atoms with Crippen LogP contribution in [0.4, 0.5) is 0 Å². The topological polar surface area (TPSA) is 35.6 Å². The van der Waals surface area contributed by atoms with Gasteiger partial charge in [0.2, 0.25) is 5.91 Å². The van der Waals surface area contributed by atoms with E-state index in [2.05, 4.69) is 49.2 Å². The fourth-order valence-electron chi connectivity index (χ4n) is 2.89. The SMILES string of the molecule is CC(C(=O)NC1CC1)N1CCN(Cc2ccccc2Br)CC1. The number of nitrogens with one attached hydrogen (secondary N) is 1. The molecule has 0 aromatic heterocycles. The van der Waals surface area contributed by atoms with Crippen LogP contribution in [0.3, 0.4) is 0 Å². The fraction of sp³-hybridized carbons (Fsp3) is 0.588. The molecule has 22 heavy (non-hydrogen) atoms. The highest BCUT2D eigenvalue weighted by molar-refractivity contribution is 9.10. The maximum absolute atomic E-state index is 12.1. The predicted octanol–water partition coefficient (Wildman–Crippen LogP) is 2.23. The summed E-state index contributed by atoms with van der Waals surface area (Å²) in [4.78, 5) is 16.9. The van der Waals surface area contributed by atoms with Crippen molar-refractivity contribution in [2.45, 2.75) is 38.4 Å². The summed E-state index contributed by atoms with van der Waals surface area (Å²) in [7, 11) is 0. The highest BCUT2D eigenvalue weighted by Crippen LogP contribution is 2.20. The van der Waals surface area contributed by atoms with Crippen LogP contribution in [0.2, 0.25) is 0 Å². The van der Waals surface area contributed by atoms with Crippen molar-refractivity contribution in [2.75, 3.05) is 26.2 Å². The summed E-state index contributed by atoms with van der Waals surface area (Å²) in [5.41, 5.74) is 1.33. The molecule has 4 nitrogen and oxygen atoms in total. The first-order valence-corrected chi connectivity index (χ1v) is 8.93. The Morgan fingerprint density at radius 2 is 1.95 bits per heavy atom. The van der Waals surface area contributed by atoms with Gasteiger partial charge in [0.25, 0.3) is 0 Å². The minimum Gasteiger partial charge on any atom is -0.352 e. The largest absolute Gasteiger partial charge is 0.352 e. The van der Waals surface area contributed by atoms with Crippen LogP contribution in [0.25, 0.3) is 0 Å². The van der Waals surface area contributed by atoms with Gasteiger partial charge in [0.05, 0.1) is 6.04 Å². The molecular weight excluding hydrogens is 342 g/mol. The molecule has 1 unspecified atom stereocenters. The molecule has 1 amide bonds. The highest BCUT2D eigenvalue weighted by atomic mass is 79.9. The maximum atomic E-state index is 12.1. The highest BCUT2D eigenvalue weighted by Gasteiger charge is 2.29. The van der Waals surface area contributed by atoms with Crippen molar-refractivity contribution in [1.82, 2.24) is 15.1 Å². The average Bonchev–Trinajstić information content (AvgIpc) is 3.33. The second-order valence-electron chi connectivity index (χ2n) is 6.36. The molecule has 1 heterocycles. The van der Waals surface area contributed by atoms with Crippen LogP contribution in [0.1, 0.15) is 25.3 Å². The molecule has 5 heteroatoms. The van der Waals surface area contributed by atoms with E-state index in [4.69, 9.17) is 0 Å². The number of halogens is 1. The lowest BCUT2D eigenvalue weighted by Crippen LogP contribution is -2.53. The van der Waals surface area contributed by atoms with Crippen molar-refractivity contribution in [3.8, 4) is 0 Å². The standard InChI is InChI=1S/C17H24BrN3O/c1-13(17(22)19-15-6-7-15)21-10-8-20(9-11-21)12-14-4-2-3-5-16(14)18/h2-5,13,15H,6-12H2,1H3,(H,19,22). The zero-order chi connectivity index (χ0) is 15.5. The number of amides is 1. The van der Waals surface area contributed by atoms with Gasteiger partial charge in [-0.3, -0.25) is 14.6 Å². The van der Waals surface area contributed by atoms with Gasteiger partial charge in [0.15, 0.2) is 0 Å². The van der Waals surface area contributed by atoms with E-state index in [0.717, 1.165) is 45.6 Å². The lowest BCUT2D eigenvalue weighted by atomic mass is 10.1. The Morgan fingerprint density at radius 1 is 1.27 bits per heavy atom. The van der Waals surface area contributed by atoms with Gasteiger partial charge >= 0.3 is 0 Å². The molecule has 3 rings (SSSR count). The molecule has 0 spiro atoms. The van der Waals surface area contributed by atoms with Gasteiger partial charge in [-0.05, 0) is 31.4 Å². The van der Waals surface area contributed by atoms with E-state index in [9.17, 15) is 4.79 Å². The summed E-state index contributed by atoms with van der Waals surface area (Å²) in [5, 5.41) is 3.11. The van der Waals surface area contributed by atoms with Crippen molar-refractivity contribution in [3.05, 3.63) is 34.3 Å². The van der Waals surface area contributed by atoms with Crippen molar-refractivity contribution in [1.29, 1.82) is 0 Å². The third-order valence-corrected chi connectivity index (χ3v) is 5.38. The third-order valence-electron chi connectivity index (χ3n) is 4.61. The van der Waals surface area contributed by atoms with E-state index in [-0.39, 0.29) is 11.9 Å². The molecule has 1 aromatic rings. The first kappa shape index (κ1) is 16.0. The van der Waals surface area contributed by atoms with Gasteiger partial charge in [0.1, 0.15) is 0 Å². The van der Waals surface area contributed by atoms with Crippen LogP contribution in [0, 0.1) is 0 Å². The molecule has 2 aliphatic rings. The van der Waals surface area contributed by atoms with E-state index in [0.29, 0.717) is 6.04 Å². The third kappa shape index (κ3) is 4.09. The molecule has 1 aliphatic carbocycles. The average molecular weight is 366 g/mol. The molecule has 2 fully saturated rings. The monoisotopic (exact) mass is 365 g/mol. The van der Waals surface area contributed by atoms with Gasteiger partial charge in [-0.1, -0.05) is 34.1 Å². The fourth-order valence-corrected chi connectivity index (χ4v) is 3.30. The van der Waals surface area contributed by atoms with E-state index < -0.39 is 0 Å². The van der Waals surface area contributed by atoms with Gasteiger partial charge < -0.3 is 5.32 Å². The van der Waals surface area contributed by atoms with Crippen LogP contribution in [-0.4, -0.2) is 54.0 Å². The Hall–Kier alpha value is -0.910. The van der Waals surface area contributed by atoms with Crippen LogP contribution >= 0.6 is 15.9 Å². The number of carbonyl (C=O) groups is 1. The number of nitrogens with zero attached hydrogens (tertiary/aromatic N) is 2. The maximum Gasteiger partial charge on any atom is 0.237 e. The molecule has 1 aliphatic heterocycles. The molecule has 1 saturated carbocycles. The summed E-state index contributed by atoms with van der Waals surface area (Å²) >= 11 is 3.62. The van der Waals surface area contributed by atoms with E-state index >= 15 is 0 Å². The Bertz CT molecular complexity index is 524. The van der Waals surface area contributed by atoms with Crippen molar-refractivity contribution in [2.24, 2.45) is 0 Å². The molecule has 1 N–H and O–H groups in total. The number of benzene rings is 1. The molecule has 120 valence electrons. The van der Waals surface area contributed by atoms with Gasteiger partial charge in [-0.25, -0.2) is 0 Å². The van der Waals surface area contributed by atoms with Crippen molar-refractivity contribution in [3.63, 3.8) is 0 Å². The summed E-state index contributed by atoms with van der Waals surface area (Å²) < 4.78 is 1.18. The Morgan fingerprint density at radius 3 is 2.59 bits per heavy atom. The molecule has 1 aromatic carbocycles. The zero-order valence-corrected chi connectivity index (χ0v) is 14.7. The first-order valence-electron chi connectivity index (χ1n) is 8.13. The summed E-state index contributed by atoms with van der Waals surface area (Å²) in [6, 6.07) is 8.84. The molecular formula is C17H24BrN3O. The minimum absolute atomic E-state index is 0.00814. The number of piperazine rings is 1. The minimum atomic E-state index is -0.00814. The number of hydrogen-bond donors (Lipinski definition) is 1. The smallest absolute Gasteiger partial charge is 0.237 e. The molecule has 1 saturated heterocycles. The second-order valence-corrected chi connectivity index (χ2v) is 7.22. The van der Waals surface area contributed by atoms with Crippen molar-refractivity contribution >= 4 is 21.8 Å². The summed E-state index contributed by atoms with van der Waals surface area (Å²) in [6.45, 7) is 6.96. The first-order chi connectivity index (χ1) is 10.6. The predicted molar refractivity (Wildman–Crippen MR) is 91.6 cm³/mol. The Kier molecular flexibility index (Phi) is 5.16. The lowest BCUT2D eigenvalue weighted by molar-refractivity contribution is -0.126. The van der Waals surface area contributed by atoms with E-state index in [1.54, 1.807) is 0 Å². The van der Waals surface area contributed by atoms with Crippen molar-refractivity contribution < 1.29 is 4.79 Å². The van der Waals surface area contributed by atoms with Gasteiger partial charge in [-0.2, -0.15) is 0 Å². The second kappa shape index (κ2) is 7.11. The van der Waals surface area contributed by atoms with Crippen LogP contribution in [0.5, 0.6) is 0 Å². The number of rotatable bonds is 5. The Labute approximate surface area is 141 Å². The van der Waals surface area contributed by atoms with Gasteiger partial charge in [0, 0.05) is 43.2 Å². The van der Waals surface area contributed by atoms with Gasteiger partial charge in [-0.15, -0.1) is 0 Å². The summed E-state index contributed by atoms with van der Waals surface area (Å²) in [5.74, 6) is 0.196. The Balaban J connectivity index is 1.47. The number of hydrogen-bond acceptors (Lipinski definition) is 3. The normalized spacial score (nSPS) is 21.5. The van der Waals surface area contributed by atoms with Crippen LogP contribution in [0.15, 0.2) is 28.7 Å². The van der Waals surface area contributed by atoms with E-state index in [1.165, 1.54) is 10.0 Å². The molecule has 0 radical (unpaired) electrons. The quantitative estimate of drug-likeness (QED) is 0.868. The van der Waals surface area contributed by atoms with E-state index in [1.807, 2.05) is 13.0 Å². The summed E-state index contributed by atoms with van der Waals surface area (Å²) in [6.07, 6.45) is 2.30. The van der Waals surface area contributed by atoms with Crippen LogP contribution < -0.4 is 5.32 Å².